The highest BCUT2D eigenvalue weighted by atomic mass is 16.5. The molecule has 1 aliphatic heterocycles. The Morgan fingerprint density at radius 2 is 1.97 bits per heavy atom. The Hall–Kier alpha value is -2.77. The Morgan fingerprint density at radius 3 is 2.66 bits per heavy atom. The van der Waals surface area contributed by atoms with Gasteiger partial charge in [-0.25, -0.2) is 0 Å². The second kappa shape index (κ2) is 9.38. The molecule has 172 valence electrons. The molecule has 0 saturated carbocycles. The van der Waals surface area contributed by atoms with Gasteiger partial charge >= 0.3 is 0 Å². The molecule has 0 unspecified atom stereocenters. The number of fused-ring (bicyclic) bond motifs is 1. The van der Waals surface area contributed by atoms with Gasteiger partial charge in [-0.1, -0.05) is 6.92 Å². The quantitative estimate of drug-likeness (QED) is 0.470. The summed E-state index contributed by atoms with van der Waals surface area (Å²) in [5.41, 5.74) is 4.44. The smallest absolute Gasteiger partial charge is 0.255 e. The number of H-pyrrole nitrogens is 1. The lowest BCUT2D eigenvalue weighted by atomic mass is 9.99. The van der Waals surface area contributed by atoms with E-state index >= 15 is 0 Å². The number of methoxy groups -OCH3 is 1. The van der Waals surface area contributed by atoms with Crippen LogP contribution in [-0.4, -0.2) is 52.8 Å². The lowest BCUT2D eigenvalue weighted by molar-refractivity contribution is 0.335. The van der Waals surface area contributed by atoms with Crippen molar-refractivity contribution >= 4 is 10.9 Å². The molecule has 0 bridgehead atoms. The lowest BCUT2D eigenvalue weighted by Gasteiger charge is -2.15. The summed E-state index contributed by atoms with van der Waals surface area (Å²) < 4.78 is 7.88. The molecule has 3 aromatic rings. The molecule has 7 nitrogen and oxygen atoms in total. The van der Waals surface area contributed by atoms with E-state index < -0.39 is 0 Å². The number of rotatable bonds is 8. The molecule has 2 aromatic heterocycles. The Morgan fingerprint density at radius 1 is 1.22 bits per heavy atom. The number of likely N-dealkylation sites (tertiary alicyclic amines) is 1. The number of nitrogens with one attached hydrogen (secondary N) is 2. The van der Waals surface area contributed by atoms with Crippen molar-refractivity contribution < 1.29 is 9.84 Å². The Bertz CT molecular complexity index is 1170. The number of aromatic amines is 1. The largest absolute Gasteiger partial charge is 0.507 e. The van der Waals surface area contributed by atoms with Gasteiger partial charge in [-0.3, -0.25) is 4.79 Å². The van der Waals surface area contributed by atoms with Crippen LogP contribution >= 0.6 is 0 Å². The summed E-state index contributed by atoms with van der Waals surface area (Å²) in [5, 5.41) is 15.2. The van der Waals surface area contributed by atoms with Crippen LogP contribution < -0.4 is 15.6 Å². The van der Waals surface area contributed by atoms with Crippen molar-refractivity contribution in [3.8, 4) is 22.8 Å². The molecule has 1 aromatic carbocycles. The summed E-state index contributed by atoms with van der Waals surface area (Å²) in [4.78, 5) is 17.9. The number of aromatic hydroxyl groups is 1. The lowest BCUT2D eigenvalue weighted by Crippen LogP contribution is -2.30. The highest BCUT2D eigenvalue weighted by Crippen LogP contribution is 2.38. The van der Waals surface area contributed by atoms with Crippen LogP contribution in [0, 0.1) is 6.92 Å². The molecule has 1 fully saturated rings. The third kappa shape index (κ3) is 4.14. The van der Waals surface area contributed by atoms with Crippen molar-refractivity contribution in [3.63, 3.8) is 0 Å². The zero-order valence-corrected chi connectivity index (χ0v) is 19.5. The molecule has 3 N–H and O–H groups in total. The molecule has 0 radical (unpaired) electrons. The van der Waals surface area contributed by atoms with Gasteiger partial charge in [0.2, 0.25) is 0 Å². The van der Waals surface area contributed by atoms with E-state index in [1.807, 2.05) is 19.1 Å². The molecule has 0 aliphatic carbocycles. The maximum Gasteiger partial charge on any atom is 0.255 e. The molecule has 4 rings (SSSR count). The van der Waals surface area contributed by atoms with Crippen molar-refractivity contribution in [2.45, 2.75) is 39.7 Å². The highest BCUT2D eigenvalue weighted by molar-refractivity contribution is 5.90. The van der Waals surface area contributed by atoms with Crippen LogP contribution in [0.5, 0.6) is 11.5 Å². The van der Waals surface area contributed by atoms with Crippen LogP contribution in [0.25, 0.3) is 22.2 Å². The average Bonchev–Trinajstić information content (AvgIpc) is 3.42. The van der Waals surface area contributed by atoms with E-state index in [0.29, 0.717) is 23.4 Å². The van der Waals surface area contributed by atoms with Gasteiger partial charge in [0.25, 0.3) is 5.56 Å². The normalized spacial score (nSPS) is 14.5. The number of ether oxygens (including phenoxy) is 1. The van der Waals surface area contributed by atoms with E-state index in [1.165, 1.54) is 31.6 Å². The molecular formula is C25H34N4O3. The summed E-state index contributed by atoms with van der Waals surface area (Å²) in [5.74, 6) is 0.727. The molecule has 1 aliphatic rings. The minimum atomic E-state index is -0.284. The first kappa shape index (κ1) is 22.4. The van der Waals surface area contributed by atoms with Gasteiger partial charge in [-0.15, -0.1) is 0 Å². The van der Waals surface area contributed by atoms with Crippen LogP contribution in [-0.2, 0) is 20.0 Å². The number of aryl methyl sites for hydroxylation is 1. The number of pyridine rings is 1. The maximum atomic E-state index is 12.4. The first-order chi connectivity index (χ1) is 15.4. The van der Waals surface area contributed by atoms with Crippen LogP contribution in [0.2, 0.25) is 0 Å². The molecule has 7 heteroatoms. The summed E-state index contributed by atoms with van der Waals surface area (Å²) >= 11 is 0. The van der Waals surface area contributed by atoms with Gasteiger partial charge < -0.3 is 29.6 Å². The van der Waals surface area contributed by atoms with Gasteiger partial charge in [0.15, 0.2) is 0 Å². The van der Waals surface area contributed by atoms with Crippen molar-refractivity contribution in [1.82, 2.24) is 19.8 Å². The van der Waals surface area contributed by atoms with E-state index in [0.717, 1.165) is 41.7 Å². The predicted octanol–water partition coefficient (Wildman–Crippen LogP) is 3.30. The summed E-state index contributed by atoms with van der Waals surface area (Å²) in [7, 11) is 3.70. The van der Waals surface area contributed by atoms with E-state index in [2.05, 4.69) is 32.9 Å². The number of hydrogen-bond donors (Lipinski definition) is 3. The summed E-state index contributed by atoms with van der Waals surface area (Å²) in [6, 6.07) is 6.23. The molecular weight excluding hydrogens is 404 g/mol. The van der Waals surface area contributed by atoms with Crippen LogP contribution in [0.1, 0.15) is 36.6 Å². The van der Waals surface area contributed by atoms with Gasteiger partial charge in [0, 0.05) is 55.0 Å². The Balaban J connectivity index is 1.66. The van der Waals surface area contributed by atoms with Crippen molar-refractivity contribution in [1.29, 1.82) is 0 Å². The summed E-state index contributed by atoms with van der Waals surface area (Å²) in [6.45, 7) is 8.89. The van der Waals surface area contributed by atoms with Gasteiger partial charge in [-0.05, 0) is 51.4 Å². The molecule has 1 saturated heterocycles. The number of aromatic nitrogens is 2. The molecule has 0 spiro atoms. The van der Waals surface area contributed by atoms with E-state index in [-0.39, 0.29) is 11.3 Å². The minimum absolute atomic E-state index is 0.0596. The number of nitrogens with zero attached hydrogens (tertiary/aromatic N) is 2. The fourth-order valence-corrected chi connectivity index (χ4v) is 4.73. The predicted molar refractivity (Wildman–Crippen MR) is 129 cm³/mol. The zero-order chi connectivity index (χ0) is 22.8. The minimum Gasteiger partial charge on any atom is -0.507 e. The van der Waals surface area contributed by atoms with Crippen LogP contribution in [0.3, 0.4) is 0 Å². The standard InChI is InChI=1S/C25H34N4O3/c1-5-19-23(27-25(31)16(2)24(19)30)20-13-17-12-18(28(3)21(17)14-22(20)32-4)15-26-8-11-29-9-6-7-10-29/h12-14,26H,5-11,15H2,1-4H3,(H2,27,30,31). The molecule has 0 amide bonds. The average molecular weight is 439 g/mol. The third-order valence-electron chi connectivity index (χ3n) is 6.72. The molecule has 32 heavy (non-hydrogen) atoms. The van der Waals surface area contributed by atoms with E-state index in [1.54, 1.807) is 14.0 Å². The third-order valence-corrected chi connectivity index (χ3v) is 6.72. The Labute approximate surface area is 189 Å². The van der Waals surface area contributed by atoms with E-state index in [4.69, 9.17) is 4.74 Å². The van der Waals surface area contributed by atoms with Gasteiger partial charge in [0.1, 0.15) is 11.5 Å². The van der Waals surface area contributed by atoms with E-state index in [9.17, 15) is 9.90 Å². The zero-order valence-electron chi connectivity index (χ0n) is 19.5. The number of hydrogen-bond acceptors (Lipinski definition) is 5. The summed E-state index contributed by atoms with van der Waals surface area (Å²) in [6.07, 6.45) is 3.23. The maximum absolute atomic E-state index is 12.4. The first-order valence-electron chi connectivity index (χ1n) is 11.5. The fraction of sp³-hybridized carbons (Fsp3) is 0.480. The second-order valence-electron chi connectivity index (χ2n) is 8.67. The van der Waals surface area contributed by atoms with Crippen LogP contribution in [0.15, 0.2) is 23.0 Å². The topological polar surface area (TPSA) is 82.5 Å². The van der Waals surface area contributed by atoms with Gasteiger partial charge in [0.05, 0.1) is 23.9 Å². The molecule has 0 atom stereocenters. The van der Waals surface area contributed by atoms with Crippen molar-refractivity contribution in [3.05, 3.63) is 45.4 Å². The number of benzene rings is 1. The monoisotopic (exact) mass is 438 g/mol. The second-order valence-corrected chi connectivity index (χ2v) is 8.67. The van der Waals surface area contributed by atoms with Crippen LogP contribution in [0.4, 0.5) is 0 Å². The SMILES string of the molecule is CCc1c(-c2cc3cc(CNCCN4CCCC4)n(C)c3cc2OC)[nH]c(=O)c(C)c1O. The molecule has 3 heterocycles. The fourth-order valence-electron chi connectivity index (χ4n) is 4.73. The van der Waals surface area contributed by atoms with Crippen molar-refractivity contribution in [2.75, 3.05) is 33.3 Å². The Kier molecular flexibility index (Phi) is 6.58. The van der Waals surface area contributed by atoms with Crippen molar-refractivity contribution in [2.24, 2.45) is 7.05 Å². The highest BCUT2D eigenvalue weighted by Gasteiger charge is 2.19. The van der Waals surface area contributed by atoms with Gasteiger partial charge in [-0.2, -0.15) is 0 Å². The first-order valence-corrected chi connectivity index (χ1v) is 11.5.